The summed E-state index contributed by atoms with van der Waals surface area (Å²) >= 11 is 0. The first-order valence-electron chi connectivity index (χ1n) is 9.58. The minimum absolute atomic E-state index is 0.0877. The summed E-state index contributed by atoms with van der Waals surface area (Å²) in [4.78, 5) is 14.8. The number of carbonyl (C=O) groups excluding carboxylic acids is 1. The number of nitrogens with one attached hydrogen (secondary N) is 1. The van der Waals surface area contributed by atoms with E-state index in [1.165, 1.54) is 11.3 Å². The molecule has 0 aromatic heterocycles. The number of carbonyl (C=O) groups is 1. The Hall–Kier alpha value is -2.53. The Balaban J connectivity index is 1.51. The number of amides is 1. The van der Waals surface area contributed by atoms with Crippen LogP contribution in [0.3, 0.4) is 0 Å². The zero-order valence-electron chi connectivity index (χ0n) is 16.1. The molecule has 1 fully saturated rings. The quantitative estimate of drug-likeness (QED) is 0.815. The number of hydrogen-bond acceptors (Lipinski definition) is 4. The van der Waals surface area contributed by atoms with Gasteiger partial charge >= 0.3 is 0 Å². The van der Waals surface area contributed by atoms with E-state index in [1.807, 2.05) is 38.1 Å². The first kappa shape index (κ1) is 19.2. The van der Waals surface area contributed by atoms with Crippen LogP contribution < -0.4 is 15.0 Å². The van der Waals surface area contributed by atoms with Crippen molar-refractivity contribution in [3.05, 3.63) is 59.7 Å². The highest BCUT2D eigenvalue weighted by Crippen LogP contribution is 2.17. The Kier molecular flexibility index (Phi) is 6.71. The predicted molar refractivity (Wildman–Crippen MR) is 107 cm³/mol. The lowest BCUT2D eigenvalue weighted by molar-refractivity contribution is -0.128. The van der Waals surface area contributed by atoms with Gasteiger partial charge in [-0.15, -0.1) is 0 Å². The molecule has 0 radical (unpaired) electrons. The van der Waals surface area contributed by atoms with Gasteiger partial charge < -0.3 is 19.7 Å². The summed E-state index contributed by atoms with van der Waals surface area (Å²) in [7, 11) is 0. The van der Waals surface area contributed by atoms with Gasteiger partial charge in [0.15, 0.2) is 6.10 Å². The summed E-state index contributed by atoms with van der Waals surface area (Å²) in [6.07, 6.45) is 0.135. The van der Waals surface area contributed by atoms with Gasteiger partial charge in [-0.25, -0.2) is 0 Å². The Morgan fingerprint density at radius 2 is 1.78 bits per heavy atom. The molecule has 1 aliphatic rings. The van der Waals surface area contributed by atoms with Gasteiger partial charge in [0.1, 0.15) is 5.75 Å². The molecule has 2 aromatic rings. The van der Waals surface area contributed by atoms with E-state index in [1.54, 1.807) is 0 Å². The molecule has 27 heavy (non-hydrogen) atoms. The second-order valence-electron chi connectivity index (χ2n) is 6.81. The van der Waals surface area contributed by atoms with Gasteiger partial charge in [0.2, 0.25) is 0 Å². The molecule has 1 aliphatic heterocycles. The van der Waals surface area contributed by atoms with E-state index in [-0.39, 0.29) is 5.91 Å². The van der Waals surface area contributed by atoms with Crippen molar-refractivity contribution in [3.8, 4) is 5.75 Å². The third-order valence-electron chi connectivity index (χ3n) is 4.74. The Bertz CT molecular complexity index is 722. The van der Waals surface area contributed by atoms with Crippen LogP contribution in [0.1, 0.15) is 24.5 Å². The molecule has 0 bridgehead atoms. The highest BCUT2D eigenvalue weighted by molar-refractivity contribution is 5.81. The van der Waals surface area contributed by atoms with E-state index in [9.17, 15) is 4.79 Å². The SMILES string of the molecule is CCC(Oc1ccc(C)cc1)C(=O)NCc1ccc(N2CCOCC2)cc1. The Labute approximate surface area is 161 Å². The molecule has 1 heterocycles. The average Bonchev–Trinajstić information content (AvgIpc) is 2.72. The lowest BCUT2D eigenvalue weighted by atomic mass is 10.1. The Morgan fingerprint density at radius 1 is 1.11 bits per heavy atom. The van der Waals surface area contributed by atoms with Crippen LogP contribution >= 0.6 is 0 Å². The molecule has 1 amide bonds. The van der Waals surface area contributed by atoms with Crippen molar-refractivity contribution < 1.29 is 14.3 Å². The maximum atomic E-state index is 12.5. The van der Waals surface area contributed by atoms with Gasteiger partial charge in [0.05, 0.1) is 13.2 Å². The normalized spacial score (nSPS) is 15.3. The monoisotopic (exact) mass is 368 g/mol. The number of hydrogen-bond donors (Lipinski definition) is 1. The van der Waals surface area contributed by atoms with Crippen LogP contribution in [0.4, 0.5) is 5.69 Å². The molecule has 3 rings (SSSR count). The molecule has 0 saturated carbocycles. The second kappa shape index (κ2) is 9.42. The molecule has 1 unspecified atom stereocenters. The third kappa shape index (κ3) is 5.47. The fraction of sp³-hybridized carbons (Fsp3) is 0.409. The van der Waals surface area contributed by atoms with Crippen LogP contribution in [0.2, 0.25) is 0 Å². The van der Waals surface area contributed by atoms with E-state index in [0.717, 1.165) is 37.6 Å². The fourth-order valence-electron chi connectivity index (χ4n) is 3.05. The molecule has 0 spiro atoms. The largest absolute Gasteiger partial charge is 0.481 e. The van der Waals surface area contributed by atoms with E-state index < -0.39 is 6.10 Å². The van der Waals surface area contributed by atoms with Crippen molar-refractivity contribution in [2.75, 3.05) is 31.2 Å². The summed E-state index contributed by atoms with van der Waals surface area (Å²) in [6.45, 7) is 7.87. The van der Waals surface area contributed by atoms with Crippen molar-refractivity contribution in [3.63, 3.8) is 0 Å². The smallest absolute Gasteiger partial charge is 0.261 e. The molecule has 1 atom stereocenters. The van der Waals surface area contributed by atoms with Gasteiger partial charge in [-0.2, -0.15) is 0 Å². The molecule has 144 valence electrons. The number of rotatable bonds is 7. The Morgan fingerprint density at radius 3 is 2.41 bits per heavy atom. The van der Waals surface area contributed by atoms with Crippen molar-refractivity contribution in [2.24, 2.45) is 0 Å². The lowest BCUT2D eigenvalue weighted by Crippen LogP contribution is -2.37. The number of morpholine rings is 1. The maximum Gasteiger partial charge on any atom is 0.261 e. The third-order valence-corrected chi connectivity index (χ3v) is 4.74. The van der Waals surface area contributed by atoms with Crippen molar-refractivity contribution in [1.29, 1.82) is 0 Å². The number of aryl methyl sites for hydroxylation is 1. The average molecular weight is 368 g/mol. The van der Waals surface area contributed by atoms with Crippen LogP contribution in [0, 0.1) is 6.92 Å². The van der Waals surface area contributed by atoms with Gasteiger partial charge in [-0.1, -0.05) is 36.8 Å². The molecule has 1 N–H and O–H groups in total. The number of benzene rings is 2. The fourth-order valence-corrected chi connectivity index (χ4v) is 3.05. The second-order valence-corrected chi connectivity index (χ2v) is 6.81. The minimum atomic E-state index is -0.486. The number of nitrogens with zero attached hydrogens (tertiary/aromatic N) is 1. The van der Waals surface area contributed by atoms with Gasteiger partial charge in [0, 0.05) is 25.3 Å². The minimum Gasteiger partial charge on any atom is -0.481 e. The van der Waals surface area contributed by atoms with Crippen LogP contribution in [0.15, 0.2) is 48.5 Å². The van der Waals surface area contributed by atoms with Crippen molar-refractivity contribution >= 4 is 11.6 Å². The van der Waals surface area contributed by atoms with E-state index in [4.69, 9.17) is 9.47 Å². The summed E-state index contributed by atoms with van der Waals surface area (Å²) in [6, 6.07) is 16.1. The first-order chi connectivity index (χ1) is 13.2. The van der Waals surface area contributed by atoms with Crippen molar-refractivity contribution in [2.45, 2.75) is 32.9 Å². The topological polar surface area (TPSA) is 50.8 Å². The van der Waals surface area contributed by atoms with Crippen LogP contribution in [-0.4, -0.2) is 38.3 Å². The molecule has 0 aliphatic carbocycles. The van der Waals surface area contributed by atoms with Crippen LogP contribution in [0.25, 0.3) is 0 Å². The van der Waals surface area contributed by atoms with Gasteiger partial charge in [-0.05, 0) is 43.2 Å². The predicted octanol–water partition coefficient (Wildman–Crippen LogP) is 3.31. The summed E-state index contributed by atoms with van der Waals surface area (Å²) in [5.41, 5.74) is 3.44. The molecular formula is C22H28N2O3. The first-order valence-corrected chi connectivity index (χ1v) is 9.58. The van der Waals surface area contributed by atoms with Crippen LogP contribution in [-0.2, 0) is 16.1 Å². The zero-order chi connectivity index (χ0) is 19.1. The molecule has 5 nitrogen and oxygen atoms in total. The molecule has 1 saturated heterocycles. The molecular weight excluding hydrogens is 340 g/mol. The number of anilines is 1. The lowest BCUT2D eigenvalue weighted by Gasteiger charge is -2.29. The van der Waals surface area contributed by atoms with E-state index in [0.29, 0.717) is 13.0 Å². The summed E-state index contributed by atoms with van der Waals surface area (Å²) in [5.74, 6) is 0.632. The van der Waals surface area contributed by atoms with Gasteiger partial charge in [-0.3, -0.25) is 4.79 Å². The number of ether oxygens (including phenoxy) is 2. The summed E-state index contributed by atoms with van der Waals surface area (Å²) in [5, 5.41) is 2.98. The summed E-state index contributed by atoms with van der Waals surface area (Å²) < 4.78 is 11.2. The molecule has 5 heteroatoms. The maximum absolute atomic E-state index is 12.5. The standard InChI is InChI=1S/C22H28N2O3/c1-3-21(27-20-10-4-17(2)5-11-20)22(25)23-16-18-6-8-19(9-7-18)24-12-14-26-15-13-24/h4-11,21H,3,12-16H2,1-2H3,(H,23,25). The zero-order valence-corrected chi connectivity index (χ0v) is 16.1. The van der Waals surface area contributed by atoms with Crippen molar-refractivity contribution in [1.82, 2.24) is 5.32 Å². The van der Waals surface area contributed by atoms with Crippen LogP contribution in [0.5, 0.6) is 5.75 Å². The van der Waals surface area contributed by atoms with Gasteiger partial charge in [0.25, 0.3) is 5.91 Å². The molecule has 2 aromatic carbocycles. The van der Waals surface area contributed by atoms with E-state index >= 15 is 0 Å². The van der Waals surface area contributed by atoms with E-state index in [2.05, 4.69) is 34.5 Å². The highest BCUT2D eigenvalue weighted by Gasteiger charge is 2.18. The highest BCUT2D eigenvalue weighted by atomic mass is 16.5.